The van der Waals surface area contributed by atoms with Crippen molar-refractivity contribution in [2.45, 2.75) is 39.5 Å². The summed E-state index contributed by atoms with van der Waals surface area (Å²) in [6, 6.07) is 7.47. The van der Waals surface area contributed by atoms with E-state index in [1.54, 1.807) is 0 Å². The molecule has 0 aliphatic rings. The van der Waals surface area contributed by atoms with Gasteiger partial charge in [-0.1, -0.05) is 49.0 Å². The number of carbonyl (C=O) groups excluding carboxylic acids is 1. The molecule has 0 aliphatic heterocycles. The molecular weight excluding hydrogens is 318 g/mol. The van der Waals surface area contributed by atoms with Crippen LogP contribution >= 0.6 is 15.9 Å². The standard InChI is InChI=1S/C16H24BrNO2/c1-3-5-6-13(4-2)11-18-16(19)12-20-15-9-7-14(17)8-10-15/h7-10,13H,3-6,11-12H2,1-2H3,(H,18,19). The number of carbonyl (C=O) groups is 1. The third kappa shape index (κ3) is 6.94. The van der Waals surface area contributed by atoms with Crippen LogP contribution in [0.1, 0.15) is 39.5 Å². The molecule has 1 aromatic rings. The van der Waals surface area contributed by atoms with E-state index in [-0.39, 0.29) is 12.5 Å². The Labute approximate surface area is 130 Å². The quantitative estimate of drug-likeness (QED) is 0.732. The smallest absolute Gasteiger partial charge is 0.257 e. The van der Waals surface area contributed by atoms with Gasteiger partial charge in [0, 0.05) is 11.0 Å². The summed E-state index contributed by atoms with van der Waals surface area (Å²) < 4.78 is 6.43. The minimum atomic E-state index is -0.0529. The van der Waals surface area contributed by atoms with Gasteiger partial charge >= 0.3 is 0 Å². The summed E-state index contributed by atoms with van der Waals surface area (Å²) in [7, 11) is 0. The zero-order valence-corrected chi connectivity index (χ0v) is 13.9. The van der Waals surface area contributed by atoms with Gasteiger partial charge in [-0.2, -0.15) is 0 Å². The Hall–Kier alpha value is -1.03. The molecule has 1 unspecified atom stereocenters. The lowest BCUT2D eigenvalue weighted by atomic mass is 9.99. The van der Waals surface area contributed by atoms with Crippen LogP contribution in [0.25, 0.3) is 0 Å². The molecule has 0 saturated carbocycles. The summed E-state index contributed by atoms with van der Waals surface area (Å²) in [4.78, 5) is 11.7. The van der Waals surface area contributed by atoms with E-state index in [0.29, 0.717) is 11.7 Å². The van der Waals surface area contributed by atoms with Crippen molar-refractivity contribution in [3.05, 3.63) is 28.7 Å². The van der Waals surface area contributed by atoms with E-state index in [0.717, 1.165) is 17.4 Å². The monoisotopic (exact) mass is 341 g/mol. The molecule has 0 saturated heterocycles. The van der Waals surface area contributed by atoms with Crippen LogP contribution in [-0.4, -0.2) is 19.1 Å². The Bertz CT molecular complexity index is 392. The average molecular weight is 342 g/mol. The number of hydrogen-bond donors (Lipinski definition) is 1. The minimum absolute atomic E-state index is 0.0529. The van der Waals surface area contributed by atoms with Crippen molar-refractivity contribution < 1.29 is 9.53 Å². The molecule has 0 aliphatic carbocycles. The fraction of sp³-hybridized carbons (Fsp3) is 0.562. The number of nitrogens with one attached hydrogen (secondary N) is 1. The van der Waals surface area contributed by atoms with Gasteiger partial charge < -0.3 is 10.1 Å². The van der Waals surface area contributed by atoms with E-state index >= 15 is 0 Å². The van der Waals surface area contributed by atoms with Crippen molar-refractivity contribution in [1.82, 2.24) is 5.32 Å². The lowest BCUT2D eigenvalue weighted by Gasteiger charge is -2.15. The Morgan fingerprint density at radius 1 is 1.30 bits per heavy atom. The Morgan fingerprint density at radius 3 is 2.60 bits per heavy atom. The number of amides is 1. The zero-order valence-electron chi connectivity index (χ0n) is 12.3. The predicted molar refractivity (Wildman–Crippen MR) is 86.0 cm³/mol. The van der Waals surface area contributed by atoms with Gasteiger partial charge in [0.15, 0.2) is 6.61 Å². The number of hydrogen-bond acceptors (Lipinski definition) is 2. The molecule has 0 bridgehead atoms. The van der Waals surface area contributed by atoms with Crippen molar-refractivity contribution in [2.24, 2.45) is 5.92 Å². The summed E-state index contributed by atoms with van der Waals surface area (Å²) in [5, 5.41) is 2.95. The van der Waals surface area contributed by atoms with Crippen LogP contribution < -0.4 is 10.1 Å². The highest BCUT2D eigenvalue weighted by Gasteiger charge is 2.08. The average Bonchev–Trinajstić information content (AvgIpc) is 2.47. The van der Waals surface area contributed by atoms with E-state index < -0.39 is 0 Å². The Balaban J connectivity index is 2.24. The lowest BCUT2D eigenvalue weighted by molar-refractivity contribution is -0.123. The first-order valence-corrected chi connectivity index (χ1v) is 8.10. The van der Waals surface area contributed by atoms with Gasteiger partial charge in [0.05, 0.1) is 0 Å². The summed E-state index contributed by atoms with van der Waals surface area (Å²) in [6.07, 6.45) is 4.72. The van der Waals surface area contributed by atoms with E-state index in [1.165, 1.54) is 19.3 Å². The van der Waals surface area contributed by atoms with Gasteiger partial charge in [-0.15, -0.1) is 0 Å². The first-order valence-electron chi connectivity index (χ1n) is 7.30. The van der Waals surface area contributed by atoms with Crippen molar-refractivity contribution in [3.63, 3.8) is 0 Å². The molecule has 0 radical (unpaired) electrons. The summed E-state index contributed by atoms with van der Waals surface area (Å²) in [5.41, 5.74) is 0. The fourth-order valence-electron chi connectivity index (χ4n) is 1.93. The highest BCUT2D eigenvalue weighted by Crippen LogP contribution is 2.16. The highest BCUT2D eigenvalue weighted by molar-refractivity contribution is 9.10. The molecule has 1 amide bonds. The Morgan fingerprint density at radius 2 is 2.00 bits per heavy atom. The van der Waals surface area contributed by atoms with Crippen molar-refractivity contribution >= 4 is 21.8 Å². The predicted octanol–water partition coefficient (Wildman–Crippen LogP) is 4.16. The molecule has 112 valence electrons. The molecule has 1 atom stereocenters. The molecule has 1 rings (SSSR count). The molecule has 1 aromatic carbocycles. The second kappa shape index (κ2) is 9.81. The van der Waals surface area contributed by atoms with Gasteiger partial charge in [0.2, 0.25) is 0 Å². The fourth-order valence-corrected chi connectivity index (χ4v) is 2.20. The number of rotatable bonds is 9. The zero-order chi connectivity index (χ0) is 14.8. The van der Waals surface area contributed by atoms with Crippen LogP contribution in [0, 0.1) is 5.92 Å². The minimum Gasteiger partial charge on any atom is -0.484 e. The molecule has 0 heterocycles. The largest absolute Gasteiger partial charge is 0.484 e. The number of benzene rings is 1. The molecule has 0 spiro atoms. The molecule has 0 aromatic heterocycles. The van der Waals surface area contributed by atoms with E-state index in [2.05, 4.69) is 35.1 Å². The first kappa shape index (κ1) is 17.0. The van der Waals surface area contributed by atoms with Crippen LogP contribution in [0.3, 0.4) is 0 Å². The van der Waals surface area contributed by atoms with Crippen LogP contribution in [0.5, 0.6) is 5.75 Å². The van der Waals surface area contributed by atoms with Crippen molar-refractivity contribution in [3.8, 4) is 5.75 Å². The van der Waals surface area contributed by atoms with Crippen LogP contribution in [0.4, 0.5) is 0 Å². The maximum absolute atomic E-state index is 11.7. The van der Waals surface area contributed by atoms with E-state index in [1.807, 2.05) is 24.3 Å². The van der Waals surface area contributed by atoms with E-state index in [9.17, 15) is 4.79 Å². The summed E-state index contributed by atoms with van der Waals surface area (Å²) in [5.74, 6) is 1.23. The second-order valence-electron chi connectivity index (χ2n) is 4.96. The van der Waals surface area contributed by atoms with Crippen LogP contribution in [0.2, 0.25) is 0 Å². The topological polar surface area (TPSA) is 38.3 Å². The SMILES string of the molecule is CCCCC(CC)CNC(=O)COc1ccc(Br)cc1. The van der Waals surface area contributed by atoms with E-state index in [4.69, 9.17) is 4.74 Å². The molecule has 4 heteroatoms. The van der Waals surface area contributed by atoms with Crippen LogP contribution in [0.15, 0.2) is 28.7 Å². The number of halogens is 1. The van der Waals surface area contributed by atoms with Crippen molar-refractivity contribution in [2.75, 3.05) is 13.2 Å². The van der Waals surface area contributed by atoms with Gasteiger partial charge in [0.25, 0.3) is 5.91 Å². The maximum Gasteiger partial charge on any atom is 0.257 e. The third-order valence-electron chi connectivity index (χ3n) is 3.31. The number of ether oxygens (including phenoxy) is 1. The number of unbranched alkanes of at least 4 members (excludes halogenated alkanes) is 1. The Kier molecular flexibility index (Phi) is 8.35. The van der Waals surface area contributed by atoms with Crippen LogP contribution in [-0.2, 0) is 4.79 Å². The van der Waals surface area contributed by atoms with Gasteiger partial charge in [-0.3, -0.25) is 4.79 Å². The molecule has 0 fully saturated rings. The molecule has 3 nitrogen and oxygen atoms in total. The maximum atomic E-state index is 11.7. The van der Waals surface area contributed by atoms with Gasteiger partial charge in [-0.25, -0.2) is 0 Å². The van der Waals surface area contributed by atoms with Gasteiger partial charge in [-0.05, 0) is 36.6 Å². The normalized spacial score (nSPS) is 11.9. The van der Waals surface area contributed by atoms with Gasteiger partial charge in [0.1, 0.15) is 5.75 Å². The summed E-state index contributed by atoms with van der Waals surface area (Å²) >= 11 is 3.36. The lowest BCUT2D eigenvalue weighted by Crippen LogP contribution is -2.33. The molecule has 20 heavy (non-hydrogen) atoms. The second-order valence-corrected chi connectivity index (χ2v) is 5.88. The molecular formula is C16H24BrNO2. The highest BCUT2D eigenvalue weighted by atomic mass is 79.9. The first-order chi connectivity index (χ1) is 9.65. The summed E-state index contributed by atoms with van der Waals surface area (Å²) in [6.45, 7) is 5.19. The van der Waals surface area contributed by atoms with Crippen molar-refractivity contribution in [1.29, 1.82) is 0 Å². The third-order valence-corrected chi connectivity index (χ3v) is 3.84. The molecule has 1 N–H and O–H groups in total.